The SMILES string of the molecule is Cc1cc(=O)[nH]c(N/N=C\c2ccc(-c3cccc([N+](=O)[O-])c3)o2)n1. The van der Waals surface area contributed by atoms with Crippen LogP contribution < -0.4 is 11.0 Å². The van der Waals surface area contributed by atoms with Gasteiger partial charge in [-0.05, 0) is 19.1 Å². The molecule has 2 aromatic heterocycles. The van der Waals surface area contributed by atoms with E-state index in [0.29, 0.717) is 22.8 Å². The van der Waals surface area contributed by atoms with E-state index in [4.69, 9.17) is 4.42 Å². The maximum atomic E-state index is 11.3. The monoisotopic (exact) mass is 339 g/mol. The number of hydrogen-bond donors (Lipinski definition) is 2. The number of nitro groups is 1. The minimum Gasteiger partial charge on any atom is -0.455 e. The number of aromatic nitrogens is 2. The average molecular weight is 339 g/mol. The smallest absolute Gasteiger partial charge is 0.270 e. The molecule has 1 aromatic carbocycles. The Kier molecular flexibility index (Phi) is 4.38. The number of furan rings is 1. The molecule has 2 heterocycles. The lowest BCUT2D eigenvalue weighted by molar-refractivity contribution is -0.384. The quantitative estimate of drug-likeness (QED) is 0.418. The molecule has 2 N–H and O–H groups in total. The number of anilines is 1. The van der Waals surface area contributed by atoms with Gasteiger partial charge in [0.05, 0.1) is 11.1 Å². The largest absolute Gasteiger partial charge is 0.455 e. The Morgan fingerprint density at radius 2 is 2.16 bits per heavy atom. The van der Waals surface area contributed by atoms with Gasteiger partial charge in [0.2, 0.25) is 5.95 Å². The molecule has 0 bridgehead atoms. The van der Waals surface area contributed by atoms with E-state index in [9.17, 15) is 14.9 Å². The van der Waals surface area contributed by atoms with Crippen LogP contribution in [0.2, 0.25) is 0 Å². The summed E-state index contributed by atoms with van der Waals surface area (Å²) < 4.78 is 5.59. The van der Waals surface area contributed by atoms with Gasteiger partial charge in [-0.3, -0.25) is 19.9 Å². The molecule has 0 saturated heterocycles. The van der Waals surface area contributed by atoms with E-state index in [2.05, 4.69) is 20.5 Å². The van der Waals surface area contributed by atoms with Crippen molar-refractivity contribution in [1.82, 2.24) is 9.97 Å². The Bertz CT molecular complexity index is 1010. The van der Waals surface area contributed by atoms with Crippen LogP contribution in [0, 0.1) is 17.0 Å². The molecular weight excluding hydrogens is 326 g/mol. The summed E-state index contributed by atoms with van der Waals surface area (Å²) in [6.45, 7) is 1.70. The molecule has 0 saturated carbocycles. The van der Waals surface area contributed by atoms with Crippen LogP contribution in [-0.2, 0) is 0 Å². The van der Waals surface area contributed by atoms with Gasteiger partial charge in [0.25, 0.3) is 11.2 Å². The summed E-state index contributed by atoms with van der Waals surface area (Å²) in [5.41, 5.74) is 3.46. The molecule has 25 heavy (non-hydrogen) atoms. The lowest BCUT2D eigenvalue weighted by Gasteiger charge is -1.99. The molecule has 0 amide bonds. The van der Waals surface area contributed by atoms with Gasteiger partial charge in [-0.25, -0.2) is 10.4 Å². The van der Waals surface area contributed by atoms with Crippen molar-refractivity contribution in [3.63, 3.8) is 0 Å². The zero-order valence-electron chi connectivity index (χ0n) is 13.1. The maximum Gasteiger partial charge on any atom is 0.270 e. The minimum atomic E-state index is -0.464. The fourth-order valence-corrected chi connectivity index (χ4v) is 2.14. The molecular formula is C16H13N5O4. The van der Waals surface area contributed by atoms with Crippen LogP contribution in [0.25, 0.3) is 11.3 Å². The average Bonchev–Trinajstić information content (AvgIpc) is 3.03. The first kappa shape index (κ1) is 16.1. The number of benzene rings is 1. The van der Waals surface area contributed by atoms with Crippen LogP contribution in [-0.4, -0.2) is 21.1 Å². The van der Waals surface area contributed by atoms with Gasteiger partial charge in [-0.1, -0.05) is 12.1 Å². The van der Waals surface area contributed by atoms with Crippen LogP contribution in [0.4, 0.5) is 11.6 Å². The van der Waals surface area contributed by atoms with Crippen LogP contribution in [0.3, 0.4) is 0 Å². The summed E-state index contributed by atoms with van der Waals surface area (Å²) in [4.78, 5) is 28.3. The zero-order valence-corrected chi connectivity index (χ0v) is 13.1. The van der Waals surface area contributed by atoms with Crippen LogP contribution in [0.5, 0.6) is 0 Å². The minimum absolute atomic E-state index is 0.0136. The molecule has 126 valence electrons. The number of nitro benzene ring substituents is 1. The molecule has 0 aliphatic rings. The summed E-state index contributed by atoms with van der Waals surface area (Å²) in [7, 11) is 0. The normalized spacial score (nSPS) is 10.9. The highest BCUT2D eigenvalue weighted by atomic mass is 16.6. The van der Waals surface area contributed by atoms with E-state index < -0.39 is 4.92 Å². The third kappa shape index (κ3) is 3.96. The first-order valence-corrected chi connectivity index (χ1v) is 7.23. The van der Waals surface area contributed by atoms with E-state index in [1.807, 2.05) is 0 Å². The van der Waals surface area contributed by atoms with Crippen LogP contribution in [0.1, 0.15) is 11.5 Å². The maximum absolute atomic E-state index is 11.3. The van der Waals surface area contributed by atoms with Crippen molar-refractivity contribution >= 4 is 17.9 Å². The number of H-pyrrole nitrogens is 1. The number of aryl methyl sites for hydroxylation is 1. The summed E-state index contributed by atoms with van der Waals surface area (Å²) in [5.74, 6) is 1.13. The Labute approximate surface area is 141 Å². The third-order valence-corrected chi connectivity index (χ3v) is 3.20. The number of non-ortho nitro benzene ring substituents is 1. The van der Waals surface area contributed by atoms with Gasteiger partial charge >= 0.3 is 0 Å². The Morgan fingerprint density at radius 3 is 2.92 bits per heavy atom. The van der Waals surface area contributed by atoms with Crippen molar-refractivity contribution in [2.24, 2.45) is 5.10 Å². The molecule has 9 nitrogen and oxygen atoms in total. The van der Waals surface area contributed by atoms with Crippen molar-refractivity contribution < 1.29 is 9.34 Å². The second-order valence-corrected chi connectivity index (χ2v) is 5.11. The van der Waals surface area contributed by atoms with Crippen molar-refractivity contribution in [3.8, 4) is 11.3 Å². The third-order valence-electron chi connectivity index (χ3n) is 3.20. The van der Waals surface area contributed by atoms with E-state index in [0.717, 1.165) is 0 Å². The number of aromatic amines is 1. The molecule has 0 radical (unpaired) electrons. The standard InChI is InChI=1S/C16H13N5O4/c1-10-7-15(22)19-16(18-10)20-17-9-13-5-6-14(25-13)11-3-2-4-12(8-11)21(23)24/h2-9H,1H3,(H2,18,19,20,22)/b17-9-. The van der Waals surface area contributed by atoms with E-state index in [1.165, 1.54) is 24.4 Å². The van der Waals surface area contributed by atoms with E-state index in [1.54, 1.807) is 31.2 Å². The molecule has 0 aliphatic carbocycles. The number of hydrogen-bond acceptors (Lipinski definition) is 7. The fourth-order valence-electron chi connectivity index (χ4n) is 2.14. The molecule has 0 atom stereocenters. The molecule has 3 rings (SSSR count). The number of nitrogens with one attached hydrogen (secondary N) is 2. The second-order valence-electron chi connectivity index (χ2n) is 5.11. The van der Waals surface area contributed by atoms with Crippen LogP contribution in [0.15, 0.2) is 56.8 Å². The second kappa shape index (κ2) is 6.79. The fraction of sp³-hybridized carbons (Fsp3) is 0.0625. The summed E-state index contributed by atoms with van der Waals surface area (Å²) >= 11 is 0. The summed E-state index contributed by atoms with van der Waals surface area (Å²) in [5, 5.41) is 14.8. The Hall–Kier alpha value is -3.75. The number of nitrogens with zero attached hydrogens (tertiary/aromatic N) is 3. The highest BCUT2D eigenvalue weighted by Gasteiger charge is 2.09. The first-order chi connectivity index (χ1) is 12.0. The van der Waals surface area contributed by atoms with Crippen LogP contribution >= 0.6 is 0 Å². The molecule has 0 fully saturated rings. The van der Waals surface area contributed by atoms with Gasteiger partial charge < -0.3 is 4.42 Å². The van der Waals surface area contributed by atoms with Gasteiger partial charge in [-0.2, -0.15) is 5.10 Å². The van der Waals surface area contributed by atoms with Gasteiger partial charge in [0.1, 0.15) is 11.5 Å². The molecule has 0 spiro atoms. The summed E-state index contributed by atoms with van der Waals surface area (Å²) in [6, 6.07) is 10.9. The highest BCUT2D eigenvalue weighted by molar-refractivity contribution is 5.78. The zero-order chi connectivity index (χ0) is 17.8. The van der Waals surface area contributed by atoms with Gasteiger partial charge in [-0.15, -0.1) is 0 Å². The predicted octanol–water partition coefficient (Wildman–Crippen LogP) is 2.69. The van der Waals surface area contributed by atoms with Crippen molar-refractivity contribution in [2.75, 3.05) is 5.43 Å². The lowest BCUT2D eigenvalue weighted by atomic mass is 10.1. The Balaban J connectivity index is 1.74. The topological polar surface area (TPSA) is 126 Å². The van der Waals surface area contributed by atoms with E-state index >= 15 is 0 Å². The highest BCUT2D eigenvalue weighted by Crippen LogP contribution is 2.25. The summed E-state index contributed by atoms with van der Waals surface area (Å²) in [6.07, 6.45) is 1.41. The van der Waals surface area contributed by atoms with Crippen molar-refractivity contribution in [3.05, 3.63) is 74.4 Å². The molecule has 0 unspecified atom stereocenters. The van der Waals surface area contributed by atoms with Crippen molar-refractivity contribution in [1.29, 1.82) is 0 Å². The predicted molar refractivity (Wildman–Crippen MR) is 91.6 cm³/mol. The molecule has 0 aliphatic heterocycles. The first-order valence-electron chi connectivity index (χ1n) is 7.23. The number of rotatable bonds is 5. The molecule has 9 heteroatoms. The molecule has 3 aromatic rings. The van der Waals surface area contributed by atoms with Gasteiger partial charge in [0, 0.05) is 29.5 Å². The van der Waals surface area contributed by atoms with E-state index in [-0.39, 0.29) is 17.2 Å². The van der Waals surface area contributed by atoms with Crippen molar-refractivity contribution in [2.45, 2.75) is 6.92 Å². The Morgan fingerprint density at radius 1 is 1.32 bits per heavy atom. The number of hydrazone groups is 1. The van der Waals surface area contributed by atoms with Gasteiger partial charge in [0.15, 0.2) is 0 Å². The lowest BCUT2D eigenvalue weighted by Crippen LogP contribution is -2.10.